The molecule has 1 unspecified atom stereocenters. The maximum Gasteiger partial charge on any atom is 0.242 e. The number of nitrogens with zero attached hydrogens (tertiary/aromatic N) is 4. The fraction of sp³-hybridized carbons (Fsp3) is 0.464. The number of rotatable bonds is 4. The molecule has 0 spiro atoms. The Morgan fingerprint density at radius 2 is 1.92 bits per heavy atom. The molecule has 6 nitrogen and oxygen atoms in total. The van der Waals surface area contributed by atoms with Crippen molar-refractivity contribution < 1.29 is 9.59 Å². The summed E-state index contributed by atoms with van der Waals surface area (Å²) in [6, 6.07) is 11.7. The van der Waals surface area contributed by atoms with Gasteiger partial charge in [0.2, 0.25) is 11.8 Å². The third-order valence-electron chi connectivity index (χ3n) is 7.08. The molecule has 5 rings (SSSR count). The van der Waals surface area contributed by atoms with Gasteiger partial charge >= 0.3 is 0 Å². The molecule has 37 heavy (non-hydrogen) atoms. The summed E-state index contributed by atoms with van der Waals surface area (Å²) in [6.45, 7) is 10.1. The van der Waals surface area contributed by atoms with E-state index >= 15 is 0 Å². The van der Waals surface area contributed by atoms with Gasteiger partial charge in [-0.15, -0.1) is 23.1 Å². The Balaban J connectivity index is 1.69. The summed E-state index contributed by atoms with van der Waals surface area (Å²) in [7, 11) is 0. The topological polar surface area (TPSA) is 58.4 Å². The zero-order valence-electron chi connectivity index (χ0n) is 21.7. The molecule has 196 valence electrons. The number of likely N-dealkylation sites (tertiary alicyclic amines) is 1. The number of halogens is 1. The molecule has 1 fully saturated rings. The van der Waals surface area contributed by atoms with E-state index in [0.717, 1.165) is 42.9 Å². The monoisotopic (exact) mass is 556 g/mol. The molecule has 0 radical (unpaired) electrons. The number of piperidine rings is 1. The van der Waals surface area contributed by atoms with Crippen LogP contribution in [0.2, 0.25) is 5.02 Å². The molecule has 2 amide bonds. The number of fused-ring (bicyclic) bond motifs is 1. The van der Waals surface area contributed by atoms with Crippen LogP contribution in [0.25, 0.3) is 5.69 Å². The van der Waals surface area contributed by atoms with E-state index in [4.69, 9.17) is 16.7 Å². The highest BCUT2D eigenvalue weighted by Crippen LogP contribution is 2.49. The van der Waals surface area contributed by atoms with Crippen molar-refractivity contribution in [2.45, 2.75) is 51.2 Å². The van der Waals surface area contributed by atoms with Gasteiger partial charge in [0, 0.05) is 34.0 Å². The van der Waals surface area contributed by atoms with Crippen molar-refractivity contribution in [1.82, 2.24) is 14.7 Å². The number of carbonyl (C=O) groups is 2. The van der Waals surface area contributed by atoms with Crippen LogP contribution in [0.5, 0.6) is 0 Å². The number of thiophene rings is 1. The largest absolute Gasteiger partial charge is 0.341 e. The molecule has 1 saturated heterocycles. The van der Waals surface area contributed by atoms with Crippen molar-refractivity contribution in [3.8, 4) is 5.69 Å². The van der Waals surface area contributed by atoms with Crippen LogP contribution in [-0.2, 0) is 15.0 Å². The van der Waals surface area contributed by atoms with Crippen LogP contribution in [0.4, 0.5) is 5.82 Å². The Morgan fingerprint density at radius 1 is 1.16 bits per heavy atom. The van der Waals surface area contributed by atoms with Gasteiger partial charge in [0.25, 0.3) is 0 Å². The lowest BCUT2D eigenvalue weighted by Crippen LogP contribution is -2.46. The number of thioether (sulfide) groups is 1. The molecule has 2 aromatic heterocycles. The molecule has 4 heterocycles. The van der Waals surface area contributed by atoms with Crippen LogP contribution in [0, 0.1) is 5.92 Å². The lowest BCUT2D eigenvalue weighted by molar-refractivity contribution is -0.132. The van der Waals surface area contributed by atoms with E-state index in [2.05, 4.69) is 39.1 Å². The summed E-state index contributed by atoms with van der Waals surface area (Å²) in [4.78, 5) is 32.0. The fourth-order valence-electron chi connectivity index (χ4n) is 5.02. The molecule has 0 N–H and O–H groups in total. The Labute approximate surface area is 232 Å². The second-order valence-corrected chi connectivity index (χ2v) is 13.5. The molecule has 1 aromatic carbocycles. The van der Waals surface area contributed by atoms with Crippen LogP contribution in [0.15, 0.2) is 41.8 Å². The van der Waals surface area contributed by atoms with Crippen molar-refractivity contribution in [2.75, 3.05) is 30.3 Å². The second-order valence-electron chi connectivity index (χ2n) is 11.0. The standard InChI is InChI=1S/C28H33ClN4O2S2/c1-18-10-12-31(13-11-18)22(34)16-32-23(35)17-37-25(21-9-6-14-36-21)24-26(28(2,3)4)30-33(27(24)32)20-8-5-7-19(29)15-20/h5-9,14-15,18,25H,10-13,16-17H2,1-4H3. The second kappa shape index (κ2) is 10.5. The number of anilines is 1. The first-order valence-electron chi connectivity index (χ1n) is 12.8. The molecular formula is C28H33ClN4O2S2. The van der Waals surface area contributed by atoms with Crippen molar-refractivity contribution in [3.63, 3.8) is 0 Å². The van der Waals surface area contributed by atoms with Gasteiger partial charge in [0.15, 0.2) is 0 Å². The highest BCUT2D eigenvalue weighted by Gasteiger charge is 2.40. The summed E-state index contributed by atoms with van der Waals surface area (Å²) in [6.07, 6.45) is 1.99. The average molecular weight is 557 g/mol. The molecule has 2 aliphatic rings. The predicted molar refractivity (Wildman–Crippen MR) is 153 cm³/mol. The minimum Gasteiger partial charge on any atom is -0.341 e. The zero-order chi connectivity index (χ0) is 26.3. The van der Waals surface area contributed by atoms with Crippen LogP contribution < -0.4 is 4.90 Å². The molecule has 9 heteroatoms. The van der Waals surface area contributed by atoms with Gasteiger partial charge in [0.1, 0.15) is 12.4 Å². The third-order valence-corrected chi connectivity index (χ3v) is 9.64. The van der Waals surface area contributed by atoms with Gasteiger partial charge in [-0.25, -0.2) is 4.68 Å². The van der Waals surface area contributed by atoms with Crippen LogP contribution >= 0.6 is 34.7 Å². The van der Waals surface area contributed by atoms with Crippen molar-refractivity contribution >= 4 is 52.3 Å². The van der Waals surface area contributed by atoms with E-state index in [0.29, 0.717) is 22.5 Å². The normalized spacial score (nSPS) is 19.2. The van der Waals surface area contributed by atoms with E-state index in [1.54, 1.807) is 28.0 Å². The number of hydrogen-bond donors (Lipinski definition) is 0. The maximum absolute atomic E-state index is 13.7. The number of amides is 2. The molecule has 0 aliphatic carbocycles. The van der Waals surface area contributed by atoms with Gasteiger partial charge in [-0.2, -0.15) is 5.10 Å². The lowest BCUT2D eigenvalue weighted by Gasteiger charge is -2.32. The summed E-state index contributed by atoms with van der Waals surface area (Å²) in [5.41, 5.74) is 2.42. The molecule has 0 saturated carbocycles. The number of hydrogen-bond acceptors (Lipinski definition) is 5. The lowest BCUT2D eigenvalue weighted by atomic mass is 9.88. The maximum atomic E-state index is 13.7. The fourth-order valence-corrected chi connectivity index (χ4v) is 7.38. The Hall–Kier alpha value is -2.29. The molecule has 0 bridgehead atoms. The summed E-state index contributed by atoms with van der Waals surface area (Å²) < 4.78 is 1.83. The van der Waals surface area contributed by atoms with Crippen LogP contribution in [-0.4, -0.2) is 51.9 Å². The highest BCUT2D eigenvalue weighted by molar-refractivity contribution is 8.00. The molecular weight excluding hydrogens is 524 g/mol. The Bertz CT molecular complexity index is 1290. The van der Waals surface area contributed by atoms with Gasteiger partial charge in [0.05, 0.1) is 22.4 Å². The first-order chi connectivity index (χ1) is 17.6. The predicted octanol–water partition coefficient (Wildman–Crippen LogP) is 6.31. The molecule has 3 aromatic rings. The van der Waals surface area contributed by atoms with Gasteiger partial charge in [-0.3, -0.25) is 14.5 Å². The van der Waals surface area contributed by atoms with Crippen LogP contribution in [0.3, 0.4) is 0 Å². The van der Waals surface area contributed by atoms with Gasteiger partial charge in [-0.05, 0) is 48.4 Å². The van der Waals surface area contributed by atoms with Gasteiger partial charge in [-0.1, -0.05) is 51.4 Å². The van der Waals surface area contributed by atoms with Crippen LogP contribution in [0.1, 0.15) is 61.9 Å². The van der Waals surface area contributed by atoms with E-state index < -0.39 is 0 Å². The van der Waals surface area contributed by atoms with Crippen molar-refractivity contribution in [2.24, 2.45) is 5.92 Å². The summed E-state index contributed by atoms with van der Waals surface area (Å²) >= 11 is 9.70. The van der Waals surface area contributed by atoms with E-state index in [1.807, 2.05) is 39.9 Å². The molecule has 2 aliphatic heterocycles. The SMILES string of the molecule is CC1CCN(C(=O)CN2C(=O)CSC(c3cccs3)c3c(C(C)(C)C)nn(-c4cccc(Cl)c4)c32)CC1. The summed E-state index contributed by atoms with van der Waals surface area (Å²) in [5.74, 6) is 1.51. The van der Waals surface area contributed by atoms with E-state index in [9.17, 15) is 9.59 Å². The average Bonchev–Trinajstić information content (AvgIpc) is 3.49. The zero-order valence-corrected chi connectivity index (χ0v) is 24.1. The Morgan fingerprint density at radius 3 is 2.57 bits per heavy atom. The summed E-state index contributed by atoms with van der Waals surface area (Å²) in [5, 5.41) is 7.72. The first kappa shape index (κ1) is 26.3. The van der Waals surface area contributed by atoms with E-state index in [1.165, 1.54) is 4.88 Å². The van der Waals surface area contributed by atoms with Crippen molar-refractivity contribution in [3.05, 3.63) is 62.9 Å². The minimum absolute atomic E-state index is 0.00771. The minimum atomic E-state index is -0.282. The smallest absolute Gasteiger partial charge is 0.242 e. The first-order valence-corrected chi connectivity index (χ1v) is 15.1. The van der Waals surface area contributed by atoms with Crippen molar-refractivity contribution in [1.29, 1.82) is 0 Å². The number of aromatic nitrogens is 2. The van der Waals surface area contributed by atoms with E-state index in [-0.39, 0.29) is 29.0 Å². The highest BCUT2D eigenvalue weighted by atomic mass is 35.5. The number of carbonyl (C=O) groups excluding carboxylic acids is 2. The third kappa shape index (κ3) is 5.33. The quantitative estimate of drug-likeness (QED) is 0.378. The van der Waals surface area contributed by atoms with Gasteiger partial charge < -0.3 is 4.90 Å². The number of benzene rings is 1. The molecule has 1 atom stereocenters. The Kier molecular flexibility index (Phi) is 7.44.